The van der Waals surface area contributed by atoms with Crippen LogP contribution in [0.5, 0.6) is 0 Å². The van der Waals surface area contributed by atoms with Gasteiger partial charge >= 0.3 is 11.9 Å². The van der Waals surface area contributed by atoms with Gasteiger partial charge in [0, 0.05) is 17.9 Å². The van der Waals surface area contributed by atoms with Crippen LogP contribution in [0, 0.1) is 0 Å². The number of carbonyl (C=O) groups excluding carboxylic acids is 2. The van der Waals surface area contributed by atoms with Crippen molar-refractivity contribution in [3.05, 3.63) is 66.5 Å². The van der Waals surface area contributed by atoms with E-state index in [-0.39, 0.29) is 12.2 Å². The van der Waals surface area contributed by atoms with E-state index < -0.39 is 11.9 Å². The highest BCUT2D eigenvalue weighted by Gasteiger charge is 2.14. The van der Waals surface area contributed by atoms with Crippen LogP contribution in [0.3, 0.4) is 0 Å². The van der Waals surface area contributed by atoms with Crippen molar-refractivity contribution in [2.75, 3.05) is 7.11 Å². The van der Waals surface area contributed by atoms with Crippen LogP contribution in [0.25, 0.3) is 0 Å². The lowest BCUT2D eigenvalue weighted by Gasteiger charge is -2.15. The van der Waals surface area contributed by atoms with E-state index in [4.69, 9.17) is 4.74 Å². The first-order valence-corrected chi connectivity index (χ1v) is 9.30. The van der Waals surface area contributed by atoms with E-state index in [0.717, 1.165) is 5.56 Å². The number of ether oxygens (including phenoxy) is 2. The SMILES string of the molecule is COC(=O)c1ccc(CCn2c(COC(C)=O)c(Br)cc(Br)c2=O)cc1. The van der Waals surface area contributed by atoms with E-state index in [9.17, 15) is 14.4 Å². The first-order valence-electron chi connectivity index (χ1n) is 7.71. The van der Waals surface area contributed by atoms with Gasteiger partial charge in [0.15, 0.2) is 0 Å². The second kappa shape index (κ2) is 9.14. The quantitative estimate of drug-likeness (QED) is 0.584. The van der Waals surface area contributed by atoms with Crippen LogP contribution >= 0.6 is 31.9 Å². The molecule has 0 spiro atoms. The molecule has 2 aromatic rings. The normalized spacial score (nSPS) is 10.5. The number of halogens is 2. The number of carbonyl (C=O) groups is 2. The number of esters is 2. The Hall–Kier alpha value is -1.93. The molecule has 0 atom stereocenters. The fourth-order valence-electron chi connectivity index (χ4n) is 2.36. The minimum atomic E-state index is -0.419. The number of aryl methyl sites for hydroxylation is 1. The van der Waals surface area contributed by atoms with Crippen molar-refractivity contribution in [1.82, 2.24) is 4.57 Å². The summed E-state index contributed by atoms with van der Waals surface area (Å²) in [6.07, 6.45) is 0.567. The third-order valence-corrected chi connectivity index (χ3v) is 4.97. The van der Waals surface area contributed by atoms with Crippen molar-refractivity contribution < 1.29 is 19.1 Å². The van der Waals surface area contributed by atoms with Gasteiger partial charge in [-0.1, -0.05) is 12.1 Å². The lowest BCUT2D eigenvalue weighted by Crippen LogP contribution is -2.26. The van der Waals surface area contributed by atoms with Gasteiger partial charge in [-0.3, -0.25) is 9.59 Å². The average molecular weight is 487 g/mol. The molecule has 1 heterocycles. The van der Waals surface area contributed by atoms with E-state index in [1.807, 2.05) is 12.1 Å². The summed E-state index contributed by atoms with van der Waals surface area (Å²) in [5.41, 5.74) is 1.80. The van der Waals surface area contributed by atoms with E-state index in [0.29, 0.717) is 33.2 Å². The van der Waals surface area contributed by atoms with Crippen LogP contribution < -0.4 is 5.56 Å². The van der Waals surface area contributed by atoms with Gasteiger partial charge in [0.1, 0.15) is 6.61 Å². The monoisotopic (exact) mass is 485 g/mol. The molecule has 0 aliphatic heterocycles. The van der Waals surface area contributed by atoms with Gasteiger partial charge in [-0.25, -0.2) is 4.79 Å². The second-order valence-electron chi connectivity index (χ2n) is 5.46. The van der Waals surface area contributed by atoms with Crippen LogP contribution in [0.4, 0.5) is 0 Å². The molecule has 0 bridgehead atoms. The lowest BCUT2D eigenvalue weighted by atomic mass is 10.1. The van der Waals surface area contributed by atoms with Crippen molar-refractivity contribution >= 4 is 43.8 Å². The lowest BCUT2D eigenvalue weighted by molar-refractivity contribution is -0.142. The zero-order valence-corrected chi connectivity index (χ0v) is 17.4. The minimum absolute atomic E-state index is 0.000283. The predicted molar refractivity (Wildman–Crippen MR) is 103 cm³/mol. The Kier molecular flexibility index (Phi) is 7.16. The standard InChI is InChI=1S/C18H17Br2NO5/c1-11(22)26-10-16-14(19)9-15(20)17(23)21(16)8-7-12-3-5-13(6-4-12)18(24)25-2/h3-6,9H,7-8,10H2,1-2H3. The summed E-state index contributed by atoms with van der Waals surface area (Å²) in [4.78, 5) is 35.1. The molecule has 1 aromatic carbocycles. The van der Waals surface area contributed by atoms with Gasteiger partial charge in [0.05, 0.1) is 22.8 Å². The van der Waals surface area contributed by atoms with Crippen molar-refractivity contribution in [1.29, 1.82) is 0 Å². The molecular weight excluding hydrogens is 470 g/mol. The zero-order valence-electron chi connectivity index (χ0n) is 14.3. The third-order valence-electron chi connectivity index (χ3n) is 3.72. The first-order chi connectivity index (χ1) is 12.3. The summed E-state index contributed by atoms with van der Waals surface area (Å²) in [5.74, 6) is -0.815. The smallest absolute Gasteiger partial charge is 0.337 e. The molecule has 0 amide bonds. The molecule has 0 aliphatic rings. The Labute approximate surface area is 167 Å². The molecule has 2 rings (SSSR count). The highest BCUT2D eigenvalue weighted by Crippen LogP contribution is 2.20. The van der Waals surface area contributed by atoms with Crippen LogP contribution in [0.1, 0.15) is 28.5 Å². The predicted octanol–water partition coefficient (Wildman–Crippen LogP) is 3.47. The largest absolute Gasteiger partial charge is 0.465 e. The van der Waals surface area contributed by atoms with E-state index in [2.05, 4.69) is 36.6 Å². The fourth-order valence-corrected chi connectivity index (χ4v) is 3.66. The Balaban J connectivity index is 2.23. The molecule has 8 heteroatoms. The van der Waals surface area contributed by atoms with E-state index in [1.165, 1.54) is 14.0 Å². The summed E-state index contributed by atoms with van der Waals surface area (Å²) < 4.78 is 12.4. The molecule has 26 heavy (non-hydrogen) atoms. The maximum absolute atomic E-state index is 12.5. The minimum Gasteiger partial charge on any atom is -0.465 e. The van der Waals surface area contributed by atoms with E-state index >= 15 is 0 Å². The molecular formula is C18H17Br2NO5. The summed E-state index contributed by atoms with van der Waals surface area (Å²) >= 11 is 6.66. The van der Waals surface area contributed by atoms with Crippen LogP contribution in [-0.4, -0.2) is 23.6 Å². The topological polar surface area (TPSA) is 74.6 Å². The molecule has 0 saturated carbocycles. The van der Waals surface area contributed by atoms with Crippen molar-refractivity contribution in [3.8, 4) is 0 Å². The van der Waals surface area contributed by atoms with Gasteiger partial charge < -0.3 is 14.0 Å². The number of hydrogen-bond acceptors (Lipinski definition) is 5. The maximum Gasteiger partial charge on any atom is 0.337 e. The number of hydrogen-bond donors (Lipinski definition) is 0. The molecule has 0 N–H and O–H groups in total. The average Bonchev–Trinajstić information content (AvgIpc) is 2.62. The number of pyridine rings is 1. The molecule has 0 saturated heterocycles. The maximum atomic E-state index is 12.5. The number of methoxy groups -OCH3 is 1. The number of rotatable bonds is 6. The highest BCUT2D eigenvalue weighted by atomic mass is 79.9. The molecule has 0 radical (unpaired) electrons. The van der Waals surface area contributed by atoms with Gasteiger partial charge in [0.25, 0.3) is 5.56 Å². The van der Waals surface area contributed by atoms with Crippen LogP contribution in [0.15, 0.2) is 44.1 Å². The summed E-state index contributed by atoms with van der Waals surface area (Å²) in [6.45, 7) is 1.71. The third kappa shape index (κ3) is 5.04. The van der Waals surface area contributed by atoms with Gasteiger partial charge in [0.2, 0.25) is 0 Å². The molecule has 0 fully saturated rings. The summed E-state index contributed by atoms with van der Waals surface area (Å²) in [6, 6.07) is 8.63. The number of aromatic nitrogens is 1. The Morgan fingerprint density at radius 2 is 1.77 bits per heavy atom. The Bertz CT molecular complexity index is 874. The molecule has 6 nitrogen and oxygen atoms in total. The van der Waals surface area contributed by atoms with Crippen LogP contribution in [-0.2, 0) is 33.8 Å². The highest BCUT2D eigenvalue weighted by molar-refractivity contribution is 9.11. The molecule has 138 valence electrons. The molecule has 1 aromatic heterocycles. The van der Waals surface area contributed by atoms with Crippen molar-refractivity contribution in [3.63, 3.8) is 0 Å². The fraction of sp³-hybridized carbons (Fsp3) is 0.278. The second-order valence-corrected chi connectivity index (χ2v) is 7.17. The first kappa shape index (κ1) is 20.4. The van der Waals surface area contributed by atoms with Gasteiger partial charge in [-0.2, -0.15) is 0 Å². The number of benzene rings is 1. The van der Waals surface area contributed by atoms with Crippen molar-refractivity contribution in [2.45, 2.75) is 26.5 Å². The van der Waals surface area contributed by atoms with Gasteiger partial charge in [-0.15, -0.1) is 0 Å². The summed E-state index contributed by atoms with van der Waals surface area (Å²) in [7, 11) is 1.33. The van der Waals surface area contributed by atoms with Crippen molar-refractivity contribution in [2.24, 2.45) is 0 Å². The summed E-state index contributed by atoms with van der Waals surface area (Å²) in [5, 5.41) is 0. The van der Waals surface area contributed by atoms with Crippen LogP contribution in [0.2, 0.25) is 0 Å². The zero-order chi connectivity index (χ0) is 19.3. The molecule has 0 aliphatic carbocycles. The Morgan fingerprint density at radius 1 is 1.12 bits per heavy atom. The molecule has 0 unspecified atom stereocenters. The number of nitrogens with zero attached hydrogens (tertiary/aromatic N) is 1. The van der Waals surface area contributed by atoms with E-state index in [1.54, 1.807) is 22.8 Å². The Morgan fingerprint density at radius 3 is 2.35 bits per heavy atom. The van der Waals surface area contributed by atoms with Gasteiger partial charge in [-0.05, 0) is 62.0 Å².